The molecule has 0 radical (unpaired) electrons. The lowest BCUT2D eigenvalue weighted by atomic mass is 10.2. The first-order valence-electron chi connectivity index (χ1n) is 5.77. The Morgan fingerprint density at radius 2 is 2.24 bits per heavy atom. The van der Waals surface area contributed by atoms with Crippen LogP contribution in [0.1, 0.15) is 5.82 Å². The summed E-state index contributed by atoms with van der Waals surface area (Å²) in [7, 11) is 2.02. The molecular weight excluding hydrogens is 214 g/mol. The normalized spacial score (nSPS) is 14.3. The van der Waals surface area contributed by atoms with Gasteiger partial charge in [-0.2, -0.15) is 0 Å². The van der Waals surface area contributed by atoms with Crippen LogP contribution in [0, 0.1) is 0 Å². The van der Waals surface area contributed by atoms with E-state index in [0.717, 1.165) is 37.0 Å². The molecule has 0 aliphatic carbocycles. The van der Waals surface area contributed by atoms with E-state index >= 15 is 0 Å². The first-order valence-corrected chi connectivity index (χ1v) is 5.77. The van der Waals surface area contributed by atoms with Crippen molar-refractivity contribution in [3.8, 4) is 5.75 Å². The maximum Gasteiger partial charge on any atom is 0.142 e. The molecule has 0 bridgehead atoms. The molecule has 2 aromatic rings. The zero-order chi connectivity index (χ0) is 11.7. The van der Waals surface area contributed by atoms with Crippen LogP contribution in [-0.4, -0.2) is 22.7 Å². The average Bonchev–Trinajstić information content (AvgIpc) is 2.76. The predicted molar refractivity (Wildman–Crippen MR) is 66.2 cm³/mol. The molecule has 2 heterocycles. The molecule has 1 aromatic carbocycles. The number of nitrogens with zero attached hydrogens (tertiary/aromatic N) is 3. The summed E-state index contributed by atoms with van der Waals surface area (Å²) in [5.74, 6) is 2.04. The number of imidazole rings is 1. The molecule has 88 valence electrons. The van der Waals surface area contributed by atoms with Gasteiger partial charge in [-0.05, 0) is 12.1 Å². The molecule has 4 nitrogen and oxygen atoms in total. The Hall–Kier alpha value is -1.97. The van der Waals surface area contributed by atoms with Crippen LogP contribution < -0.4 is 9.64 Å². The van der Waals surface area contributed by atoms with Crippen LogP contribution in [0.2, 0.25) is 0 Å². The maximum atomic E-state index is 5.63. The van der Waals surface area contributed by atoms with E-state index in [2.05, 4.69) is 20.5 Å². The Kier molecular flexibility index (Phi) is 2.48. The summed E-state index contributed by atoms with van der Waals surface area (Å²) in [4.78, 5) is 6.67. The van der Waals surface area contributed by atoms with E-state index in [0.29, 0.717) is 0 Å². The number of fused-ring (bicyclic) bond motifs is 1. The molecule has 0 saturated heterocycles. The fourth-order valence-electron chi connectivity index (χ4n) is 2.11. The molecule has 1 aliphatic rings. The molecule has 0 spiro atoms. The van der Waals surface area contributed by atoms with Gasteiger partial charge in [0, 0.05) is 19.4 Å². The van der Waals surface area contributed by atoms with Crippen molar-refractivity contribution in [2.75, 3.05) is 18.1 Å². The summed E-state index contributed by atoms with van der Waals surface area (Å²) < 4.78 is 7.69. The number of aryl methyl sites for hydroxylation is 1. The van der Waals surface area contributed by atoms with E-state index in [1.54, 1.807) is 0 Å². The van der Waals surface area contributed by atoms with Gasteiger partial charge in [-0.3, -0.25) is 0 Å². The average molecular weight is 229 g/mol. The van der Waals surface area contributed by atoms with Crippen molar-refractivity contribution < 1.29 is 4.74 Å². The Morgan fingerprint density at radius 1 is 1.35 bits per heavy atom. The molecule has 1 aliphatic heterocycles. The van der Waals surface area contributed by atoms with Gasteiger partial charge in [-0.15, -0.1) is 0 Å². The molecule has 1 aromatic heterocycles. The van der Waals surface area contributed by atoms with Gasteiger partial charge in [-0.25, -0.2) is 4.98 Å². The topological polar surface area (TPSA) is 30.3 Å². The smallest absolute Gasteiger partial charge is 0.142 e. The molecule has 0 unspecified atom stereocenters. The molecule has 4 heteroatoms. The van der Waals surface area contributed by atoms with Gasteiger partial charge in [0.15, 0.2) is 0 Å². The Bertz CT molecular complexity index is 521. The van der Waals surface area contributed by atoms with Crippen molar-refractivity contribution in [1.82, 2.24) is 9.55 Å². The number of ether oxygens (including phenoxy) is 1. The second kappa shape index (κ2) is 4.13. The Morgan fingerprint density at radius 3 is 3.06 bits per heavy atom. The summed E-state index contributed by atoms with van der Waals surface area (Å²) in [6, 6.07) is 8.15. The highest BCUT2D eigenvalue weighted by molar-refractivity contribution is 5.59. The lowest BCUT2D eigenvalue weighted by Crippen LogP contribution is -2.32. The number of anilines is 1. The first-order chi connectivity index (χ1) is 8.34. The number of benzene rings is 1. The van der Waals surface area contributed by atoms with Gasteiger partial charge in [0.05, 0.1) is 18.8 Å². The monoisotopic (exact) mass is 229 g/mol. The zero-order valence-electron chi connectivity index (χ0n) is 9.84. The fourth-order valence-corrected chi connectivity index (χ4v) is 2.11. The number of para-hydroxylation sites is 2. The third-order valence-corrected chi connectivity index (χ3v) is 3.08. The standard InChI is InChI=1S/C13H15N3O/c1-15-7-6-14-13(15)10-16-8-9-17-12-5-3-2-4-11(12)16/h2-7H,8-10H2,1H3. The minimum Gasteiger partial charge on any atom is -0.490 e. The van der Waals surface area contributed by atoms with E-state index in [1.807, 2.05) is 37.6 Å². The third kappa shape index (κ3) is 1.86. The van der Waals surface area contributed by atoms with Crippen molar-refractivity contribution in [2.24, 2.45) is 7.05 Å². The van der Waals surface area contributed by atoms with Gasteiger partial charge >= 0.3 is 0 Å². The van der Waals surface area contributed by atoms with Gasteiger partial charge in [0.1, 0.15) is 18.2 Å². The third-order valence-electron chi connectivity index (χ3n) is 3.08. The Labute approximate surface area is 100 Å². The summed E-state index contributed by atoms with van der Waals surface area (Å²) in [6.07, 6.45) is 3.81. The fraction of sp³-hybridized carbons (Fsp3) is 0.308. The van der Waals surface area contributed by atoms with Gasteiger partial charge in [0.25, 0.3) is 0 Å². The van der Waals surface area contributed by atoms with Gasteiger partial charge < -0.3 is 14.2 Å². The van der Waals surface area contributed by atoms with Crippen molar-refractivity contribution in [3.05, 3.63) is 42.5 Å². The SMILES string of the molecule is Cn1ccnc1CN1CCOc2ccccc21. The van der Waals surface area contributed by atoms with Crippen molar-refractivity contribution in [1.29, 1.82) is 0 Å². The second-order valence-electron chi connectivity index (χ2n) is 4.19. The number of aromatic nitrogens is 2. The lowest BCUT2D eigenvalue weighted by Gasteiger charge is -2.30. The molecule has 0 atom stereocenters. The van der Waals surface area contributed by atoms with Gasteiger partial charge in [0.2, 0.25) is 0 Å². The minimum absolute atomic E-state index is 0.738. The summed E-state index contributed by atoms with van der Waals surface area (Å²) in [6.45, 7) is 2.47. The highest BCUT2D eigenvalue weighted by Gasteiger charge is 2.18. The van der Waals surface area contributed by atoms with Crippen LogP contribution in [0.25, 0.3) is 0 Å². The molecule has 3 rings (SSSR count). The summed E-state index contributed by atoms with van der Waals surface area (Å²) in [5.41, 5.74) is 1.15. The van der Waals surface area contributed by atoms with Crippen LogP contribution >= 0.6 is 0 Å². The van der Waals surface area contributed by atoms with Crippen LogP contribution in [-0.2, 0) is 13.6 Å². The first kappa shape index (κ1) is 10.2. The van der Waals surface area contributed by atoms with Crippen LogP contribution in [0.5, 0.6) is 5.75 Å². The van der Waals surface area contributed by atoms with E-state index in [9.17, 15) is 0 Å². The van der Waals surface area contributed by atoms with Crippen LogP contribution in [0.3, 0.4) is 0 Å². The van der Waals surface area contributed by atoms with E-state index < -0.39 is 0 Å². The van der Waals surface area contributed by atoms with Gasteiger partial charge in [-0.1, -0.05) is 12.1 Å². The quantitative estimate of drug-likeness (QED) is 0.787. The largest absolute Gasteiger partial charge is 0.490 e. The minimum atomic E-state index is 0.738. The number of hydrogen-bond acceptors (Lipinski definition) is 3. The number of rotatable bonds is 2. The number of hydrogen-bond donors (Lipinski definition) is 0. The van der Waals surface area contributed by atoms with Crippen LogP contribution in [0.4, 0.5) is 5.69 Å². The van der Waals surface area contributed by atoms with Crippen molar-refractivity contribution >= 4 is 5.69 Å². The highest BCUT2D eigenvalue weighted by atomic mass is 16.5. The molecule has 0 fully saturated rings. The van der Waals surface area contributed by atoms with E-state index in [4.69, 9.17) is 4.74 Å². The Balaban J connectivity index is 1.88. The molecule has 17 heavy (non-hydrogen) atoms. The van der Waals surface area contributed by atoms with Crippen LogP contribution in [0.15, 0.2) is 36.7 Å². The zero-order valence-corrected chi connectivity index (χ0v) is 9.84. The van der Waals surface area contributed by atoms with E-state index in [-0.39, 0.29) is 0 Å². The predicted octanol–water partition coefficient (Wildman–Crippen LogP) is 1.82. The van der Waals surface area contributed by atoms with Crippen molar-refractivity contribution in [2.45, 2.75) is 6.54 Å². The molecule has 0 saturated carbocycles. The molecule has 0 N–H and O–H groups in total. The summed E-state index contributed by atoms with van der Waals surface area (Å²) in [5, 5.41) is 0. The summed E-state index contributed by atoms with van der Waals surface area (Å²) >= 11 is 0. The maximum absolute atomic E-state index is 5.63. The second-order valence-corrected chi connectivity index (χ2v) is 4.19. The molecular formula is C13H15N3O. The highest BCUT2D eigenvalue weighted by Crippen LogP contribution is 2.31. The van der Waals surface area contributed by atoms with E-state index in [1.165, 1.54) is 0 Å². The lowest BCUT2D eigenvalue weighted by molar-refractivity contribution is 0.306. The van der Waals surface area contributed by atoms with Crippen molar-refractivity contribution in [3.63, 3.8) is 0 Å². The molecule has 0 amide bonds.